The summed E-state index contributed by atoms with van der Waals surface area (Å²) in [5.74, 6) is -0.135. The van der Waals surface area contributed by atoms with Gasteiger partial charge in [0.05, 0.1) is 11.3 Å². The SMILES string of the molecule is CC(C)(C)c1csc(COc2cccc(F)c2C(N)=S)n1. The maximum absolute atomic E-state index is 13.7. The standard InChI is InChI=1S/C15H17FN2OS2/c1-15(2,3)11-8-21-12(18-11)7-19-10-6-4-5-9(16)13(10)14(17)20/h4-6,8H,7H2,1-3H3,(H2,17,20). The van der Waals surface area contributed by atoms with Gasteiger partial charge in [-0.05, 0) is 12.1 Å². The third kappa shape index (κ3) is 3.77. The number of nitrogens with two attached hydrogens (primary N) is 1. The first-order chi connectivity index (χ1) is 9.79. The van der Waals surface area contributed by atoms with Gasteiger partial charge >= 0.3 is 0 Å². The van der Waals surface area contributed by atoms with E-state index in [-0.39, 0.29) is 22.6 Å². The summed E-state index contributed by atoms with van der Waals surface area (Å²) in [4.78, 5) is 4.51. The van der Waals surface area contributed by atoms with Gasteiger partial charge in [-0.25, -0.2) is 9.37 Å². The molecule has 1 heterocycles. The van der Waals surface area contributed by atoms with Crippen LogP contribution in [0, 0.1) is 5.82 Å². The number of thiocarbonyl (C=S) groups is 1. The van der Waals surface area contributed by atoms with Crippen molar-refractivity contribution in [2.45, 2.75) is 32.8 Å². The topological polar surface area (TPSA) is 48.1 Å². The molecule has 0 saturated heterocycles. The predicted molar refractivity (Wildman–Crippen MR) is 87.4 cm³/mol. The third-order valence-electron chi connectivity index (χ3n) is 2.89. The minimum Gasteiger partial charge on any atom is -0.486 e. The van der Waals surface area contributed by atoms with Crippen LogP contribution in [0.4, 0.5) is 4.39 Å². The molecule has 0 spiro atoms. The number of aromatic nitrogens is 1. The second-order valence-corrected chi connectivity index (χ2v) is 7.02. The van der Waals surface area contributed by atoms with Crippen molar-refractivity contribution >= 4 is 28.5 Å². The highest BCUT2D eigenvalue weighted by Crippen LogP contribution is 2.26. The van der Waals surface area contributed by atoms with E-state index in [1.165, 1.54) is 17.4 Å². The molecule has 0 radical (unpaired) electrons. The fraction of sp³-hybridized carbons (Fsp3) is 0.333. The van der Waals surface area contributed by atoms with Crippen molar-refractivity contribution < 1.29 is 9.13 Å². The molecular weight excluding hydrogens is 307 g/mol. The van der Waals surface area contributed by atoms with Gasteiger partial charge in [-0.2, -0.15) is 0 Å². The van der Waals surface area contributed by atoms with Crippen molar-refractivity contribution in [3.05, 3.63) is 45.7 Å². The van der Waals surface area contributed by atoms with Crippen LogP contribution in [0.1, 0.15) is 37.0 Å². The molecule has 3 nitrogen and oxygen atoms in total. The summed E-state index contributed by atoms with van der Waals surface area (Å²) in [7, 11) is 0. The third-order valence-corrected chi connectivity index (χ3v) is 3.92. The maximum atomic E-state index is 13.7. The minimum atomic E-state index is -0.477. The molecule has 2 aromatic rings. The van der Waals surface area contributed by atoms with Crippen LogP contribution in [-0.4, -0.2) is 9.97 Å². The minimum absolute atomic E-state index is 0.00239. The largest absolute Gasteiger partial charge is 0.486 e. The van der Waals surface area contributed by atoms with Crippen LogP contribution in [0.25, 0.3) is 0 Å². The molecule has 0 amide bonds. The van der Waals surface area contributed by atoms with E-state index in [9.17, 15) is 4.39 Å². The highest BCUT2D eigenvalue weighted by Gasteiger charge is 2.18. The van der Waals surface area contributed by atoms with Crippen LogP contribution in [0.5, 0.6) is 5.75 Å². The first-order valence-electron chi connectivity index (χ1n) is 6.45. The first-order valence-corrected chi connectivity index (χ1v) is 7.74. The van der Waals surface area contributed by atoms with Crippen molar-refractivity contribution in [1.82, 2.24) is 4.98 Å². The number of nitrogens with zero attached hydrogens (tertiary/aromatic N) is 1. The second kappa shape index (κ2) is 6.07. The van der Waals surface area contributed by atoms with E-state index in [1.807, 2.05) is 5.38 Å². The Morgan fingerprint density at radius 1 is 1.43 bits per heavy atom. The molecule has 0 atom stereocenters. The second-order valence-electron chi connectivity index (χ2n) is 5.64. The van der Waals surface area contributed by atoms with Crippen LogP contribution in [0.3, 0.4) is 0 Å². The fourth-order valence-electron chi connectivity index (χ4n) is 1.72. The normalized spacial score (nSPS) is 11.4. The predicted octanol–water partition coefficient (Wildman–Crippen LogP) is 3.79. The average Bonchev–Trinajstić information content (AvgIpc) is 2.84. The van der Waals surface area contributed by atoms with Gasteiger partial charge in [0.2, 0.25) is 0 Å². The summed E-state index contributed by atoms with van der Waals surface area (Å²) in [6.07, 6.45) is 0. The van der Waals surface area contributed by atoms with Crippen LogP contribution in [-0.2, 0) is 12.0 Å². The first kappa shape index (κ1) is 15.9. The summed E-state index contributed by atoms with van der Waals surface area (Å²) in [6, 6.07) is 4.52. The Balaban J connectivity index is 2.16. The van der Waals surface area contributed by atoms with E-state index in [2.05, 4.69) is 25.8 Å². The Labute approximate surface area is 133 Å². The van der Waals surface area contributed by atoms with E-state index in [0.717, 1.165) is 10.7 Å². The van der Waals surface area contributed by atoms with Crippen molar-refractivity contribution in [2.24, 2.45) is 5.73 Å². The van der Waals surface area contributed by atoms with Gasteiger partial charge in [0, 0.05) is 10.8 Å². The van der Waals surface area contributed by atoms with Crippen molar-refractivity contribution in [1.29, 1.82) is 0 Å². The van der Waals surface area contributed by atoms with Crippen LogP contribution in [0.2, 0.25) is 0 Å². The van der Waals surface area contributed by atoms with E-state index < -0.39 is 5.82 Å². The van der Waals surface area contributed by atoms with Gasteiger partial charge in [0.1, 0.15) is 28.2 Å². The fourth-order valence-corrected chi connectivity index (χ4v) is 2.85. The number of rotatable bonds is 4. The summed E-state index contributed by atoms with van der Waals surface area (Å²) < 4.78 is 19.4. The quantitative estimate of drug-likeness (QED) is 0.869. The molecule has 0 fully saturated rings. The van der Waals surface area contributed by atoms with Gasteiger partial charge in [-0.15, -0.1) is 11.3 Å². The molecule has 0 saturated carbocycles. The van der Waals surface area contributed by atoms with E-state index in [0.29, 0.717) is 5.75 Å². The molecular formula is C15H17FN2OS2. The van der Waals surface area contributed by atoms with Gasteiger partial charge in [0.15, 0.2) is 0 Å². The number of thiazole rings is 1. The lowest BCUT2D eigenvalue weighted by Gasteiger charge is -2.14. The van der Waals surface area contributed by atoms with Crippen molar-refractivity contribution in [3.8, 4) is 5.75 Å². The zero-order valence-electron chi connectivity index (χ0n) is 12.1. The maximum Gasteiger partial charge on any atom is 0.140 e. The molecule has 21 heavy (non-hydrogen) atoms. The van der Waals surface area contributed by atoms with E-state index in [1.54, 1.807) is 12.1 Å². The van der Waals surface area contributed by atoms with Gasteiger partial charge in [-0.3, -0.25) is 0 Å². The monoisotopic (exact) mass is 324 g/mol. The molecule has 112 valence electrons. The summed E-state index contributed by atoms with van der Waals surface area (Å²) in [5.41, 5.74) is 6.69. The lowest BCUT2D eigenvalue weighted by Crippen LogP contribution is -2.14. The Morgan fingerprint density at radius 3 is 2.71 bits per heavy atom. The molecule has 0 unspecified atom stereocenters. The summed E-state index contributed by atoms with van der Waals surface area (Å²) in [6.45, 7) is 6.57. The Kier molecular flexibility index (Phi) is 4.58. The average molecular weight is 324 g/mol. The van der Waals surface area contributed by atoms with Gasteiger partial charge in [0.25, 0.3) is 0 Å². The summed E-state index contributed by atoms with van der Waals surface area (Å²) >= 11 is 6.39. The number of benzene rings is 1. The number of ether oxygens (including phenoxy) is 1. The Morgan fingerprint density at radius 2 is 2.14 bits per heavy atom. The molecule has 1 aromatic heterocycles. The highest BCUT2D eigenvalue weighted by molar-refractivity contribution is 7.80. The molecule has 2 rings (SSSR count). The van der Waals surface area contributed by atoms with Crippen LogP contribution in [0.15, 0.2) is 23.6 Å². The van der Waals surface area contributed by atoms with E-state index in [4.69, 9.17) is 22.7 Å². The lowest BCUT2D eigenvalue weighted by atomic mass is 9.93. The number of hydrogen-bond acceptors (Lipinski definition) is 4. The van der Waals surface area contributed by atoms with Gasteiger partial charge in [-0.1, -0.05) is 39.1 Å². The van der Waals surface area contributed by atoms with E-state index >= 15 is 0 Å². The van der Waals surface area contributed by atoms with Crippen molar-refractivity contribution in [3.63, 3.8) is 0 Å². The van der Waals surface area contributed by atoms with Crippen molar-refractivity contribution in [2.75, 3.05) is 0 Å². The molecule has 0 bridgehead atoms. The summed E-state index contributed by atoms with van der Waals surface area (Å²) in [5, 5.41) is 2.84. The zero-order valence-corrected chi connectivity index (χ0v) is 13.8. The molecule has 1 aromatic carbocycles. The molecule has 0 aliphatic rings. The highest BCUT2D eigenvalue weighted by atomic mass is 32.1. The number of halogens is 1. The molecule has 6 heteroatoms. The number of hydrogen-bond donors (Lipinski definition) is 1. The van der Waals surface area contributed by atoms with Gasteiger partial charge < -0.3 is 10.5 Å². The Hall–Kier alpha value is -1.53. The zero-order chi connectivity index (χ0) is 15.6. The lowest BCUT2D eigenvalue weighted by molar-refractivity contribution is 0.302. The molecule has 0 aliphatic heterocycles. The Bertz CT molecular complexity index is 662. The van der Waals surface area contributed by atoms with Crippen LogP contribution < -0.4 is 10.5 Å². The van der Waals surface area contributed by atoms with Crippen LogP contribution >= 0.6 is 23.6 Å². The molecule has 2 N–H and O–H groups in total. The molecule has 0 aliphatic carbocycles. The smallest absolute Gasteiger partial charge is 0.140 e.